The summed E-state index contributed by atoms with van der Waals surface area (Å²) in [4.78, 5) is 0. The third-order valence-electron chi connectivity index (χ3n) is 1.83. The highest BCUT2D eigenvalue weighted by Gasteiger charge is 2.78. The SMILES string of the molecule is C=C(F)C(F)(F)OC(F)(C(F)(F)F)C(F)(F)OC(F)C(F)(F)F. The summed E-state index contributed by atoms with van der Waals surface area (Å²) < 4.78 is 164. The van der Waals surface area contributed by atoms with Crippen LogP contribution in [0.5, 0.6) is 0 Å². The number of hydrogen-bond donors (Lipinski definition) is 0. The Balaban J connectivity index is 5.85. The van der Waals surface area contributed by atoms with E-state index in [0.717, 1.165) is 0 Å². The first-order valence-electron chi connectivity index (χ1n) is 4.73. The molecule has 0 aliphatic rings. The van der Waals surface area contributed by atoms with Crippen LogP contribution in [-0.2, 0) is 9.47 Å². The Kier molecular flexibility index (Phi) is 5.67. The van der Waals surface area contributed by atoms with Crippen molar-refractivity contribution in [3.63, 3.8) is 0 Å². The van der Waals surface area contributed by atoms with Gasteiger partial charge in [0, 0.05) is 0 Å². The van der Waals surface area contributed by atoms with E-state index in [0.29, 0.717) is 0 Å². The number of ether oxygens (including phenoxy) is 2. The second-order valence-electron chi connectivity index (χ2n) is 3.61. The largest absolute Gasteiger partial charge is 0.458 e. The van der Waals surface area contributed by atoms with Crippen molar-refractivity contribution >= 4 is 0 Å². The summed E-state index contributed by atoms with van der Waals surface area (Å²) in [6, 6.07) is 0. The average molecular weight is 378 g/mol. The van der Waals surface area contributed by atoms with E-state index in [2.05, 4.69) is 0 Å². The molecule has 0 rings (SSSR count). The second kappa shape index (κ2) is 5.99. The van der Waals surface area contributed by atoms with Gasteiger partial charge in [-0.3, -0.25) is 9.47 Å². The molecule has 0 N–H and O–H groups in total. The summed E-state index contributed by atoms with van der Waals surface area (Å²) in [5.41, 5.74) is 0. The lowest BCUT2D eigenvalue weighted by molar-refractivity contribution is -0.512. The molecule has 0 aliphatic carbocycles. The van der Waals surface area contributed by atoms with Crippen LogP contribution >= 0.6 is 0 Å². The molecule has 0 aromatic heterocycles. The van der Waals surface area contributed by atoms with Gasteiger partial charge in [-0.25, -0.2) is 8.78 Å². The van der Waals surface area contributed by atoms with Crippen molar-refractivity contribution in [2.45, 2.75) is 36.8 Å². The van der Waals surface area contributed by atoms with E-state index in [1.165, 1.54) is 0 Å². The van der Waals surface area contributed by atoms with Crippen LogP contribution in [0, 0.1) is 0 Å². The first-order chi connectivity index (χ1) is 9.78. The molecular formula is C8H3F13O2. The van der Waals surface area contributed by atoms with Crippen LogP contribution in [0.4, 0.5) is 57.1 Å². The lowest BCUT2D eigenvalue weighted by Gasteiger charge is -2.36. The maximum atomic E-state index is 13.2. The van der Waals surface area contributed by atoms with Crippen molar-refractivity contribution in [3.05, 3.63) is 12.4 Å². The maximum Gasteiger partial charge on any atom is 0.458 e. The molecule has 2 unspecified atom stereocenters. The van der Waals surface area contributed by atoms with Crippen LogP contribution < -0.4 is 0 Å². The van der Waals surface area contributed by atoms with E-state index in [1.54, 1.807) is 6.58 Å². The average Bonchev–Trinajstić information content (AvgIpc) is 2.24. The molecule has 0 fully saturated rings. The number of hydrogen-bond acceptors (Lipinski definition) is 2. The molecule has 0 heterocycles. The molecule has 0 spiro atoms. The number of alkyl halides is 12. The Morgan fingerprint density at radius 2 is 1.22 bits per heavy atom. The highest BCUT2D eigenvalue weighted by molar-refractivity contribution is 4.96. The quantitative estimate of drug-likeness (QED) is 0.620. The normalized spacial score (nSPS) is 18.5. The molecule has 23 heavy (non-hydrogen) atoms. The molecule has 0 saturated heterocycles. The van der Waals surface area contributed by atoms with Gasteiger partial charge < -0.3 is 0 Å². The third-order valence-corrected chi connectivity index (χ3v) is 1.83. The van der Waals surface area contributed by atoms with Crippen molar-refractivity contribution in [1.82, 2.24) is 0 Å². The molecule has 2 nitrogen and oxygen atoms in total. The zero-order valence-corrected chi connectivity index (χ0v) is 10.0. The van der Waals surface area contributed by atoms with Crippen molar-refractivity contribution in [2.24, 2.45) is 0 Å². The highest BCUT2D eigenvalue weighted by Crippen LogP contribution is 2.51. The van der Waals surface area contributed by atoms with Gasteiger partial charge in [0.15, 0.2) is 5.83 Å². The van der Waals surface area contributed by atoms with Crippen molar-refractivity contribution in [2.75, 3.05) is 0 Å². The van der Waals surface area contributed by atoms with Gasteiger partial charge in [-0.05, 0) is 0 Å². The highest BCUT2D eigenvalue weighted by atomic mass is 19.4. The Morgan fingerprint density at radius 1 is 0.826 bits per heavy atom. The molecule has 138 valence electrons. The number of halogens is 13. The predicted molar refractivity (Wildman–Crippen MR) is 43.2 cm³/mol. The lowest BCUT2D eigenvalue weighted by atomic mass is 10.2. The Bertz CT molecular complexity index is 438. The minimum atomic E-state index is -7.19. The van der Waals surface area contributed by atoms with Gasteiger partial charge in [-0.2, -0.15) is 48.3 Å². The zero-order valence-electron chi connectivity index (χ0n) is 10.0. The van der Waals surface area contributed by atoms with Crippen LogP contribution in [0.2, 0.25) is 0 Å². The Hall–Kier alpha value is -1.25. The monoisotopic (exact) mass is 378 g/mol. The van der Waals surface area contributed by atoms with Crippen molar-refractivity contribution < 1.29 is 66.5 Å². The van der Waals surface area contributed by atoms with E-state index in [4.69, 9.17) is 0 Å². The van der Waals surface area contributed by atoms with E-state index in [-0.39, 0.29) is 0 Å². The van der Waals surface area contributed by atoms with E-state index in [9.17, 15) is 57.1 Å². The van der Waals surface area contributed by atoms with E-state index >= 15 is 0 Å². The molecule has 0 radical (unpaired) electrons. The number of rotatable bonds is 6. The summed E-state index contributed by atoms with van der Waals surface area (Å²) >= 11 is 0. The fourth-order valence-corrected chi connectivity index (χ4v) is 0.787. The van der Waals surface area contributed by atoms with Gasteiger partial charge in [0.1, 0.15) is 0 Å². The van der Waals surface area contributed by atoms with Crippen LogP contribution in [0.3, 0.4) is 0 Å². The van der Waals surface area contributed by atoms with Gasteiger partial charge in [-0.15, -0.1) is 0 Å². The molecule has 2 atom stereocenters. The van der Waals surface area contributed by atoms with Crippen LogP contribution in [0.1, 0.15) is 0 Å². The standard InChI is InChI=1S/C8H3F13O2/c1-2(9)5(14,15)23-6(16,7(17,18)19)8(20,21)22-3(10)4(11,12)13/h3H,1H2. The Labute approximate surface area is 117 Å². The molecule has 0 bridgehead atoms. The molecule has 0 aromatic rings. The van der Waals surface area contributed by atoms with Gasteiger partial charge in [0.05, 0.1) is 0 Å². The smallest absolute Gasteiger partial charge is 0.272 e. The summed E-state index contributed by atoms with van der Waals surface area (Å²) in [6.07, 6.45) is -31.8. The summed E-state index contributed by atoms with van der Waals surface area (Å²) in [5, 5.41) is 0. The maximum absolute atomic E-state index is 13.2. The van der Waals surface area contributed by atoms with Crippen molar-refractivity contribution in [3.8, 4) is 0 Å². The first kappa shape index (κ1) is 21.8. The lowest BCUT2D eigenvalue weighted by Crippen LogP contribution is -2.62. The summed E-state index contributed by atoms with van der Waals surface area (Å²) in [7, 11) is 0. The summed E-state index contributed by atoms with van der Waals surface area (Å²) in [6.45, 7) is 1.66. The summed E-state index contributed by atoms with van der Waals surface area (Å²) in [5.74, 6) is -10.2. The predicted octanol–water partition coefficient (Wildman–Crippen LogP) is 4.77. The Morgan fingerprint density at radius 3 is 1.48 bits per heavy atom. The third kappa shape index (κ3) is 4.62. The van der Waals surface area contributed by atoms with Gasteiger partial charge >= 0.3 is 30.4 Å². The molecule has 0 aromatic carbocycles. The molecular weight excluding hydrogens is 375 g/mol. The zero-order chi connectivity index (χ0) is 19.1. The first-order valence-corrected chi connectivity index (χ1v) is 4.73. The molecule has 0 amide bonds. The van der Waals surface area contributed by atoms with Crippen molar-refractivity contribution in [1.29, 1.82) is 0 Å². The van der Waals surface area contributed by atoms with Crippen LogP contribution in [-0.4, -0.2) is 36.8 Å². The van der Waals surface area contributed by atoms with E-state index < -0.39 is 42.6 Å². The minimum Gasteiger partial charge on any atom is -0.272 e. The van der Waals surface area contributed by atoms with E-state index in [1.807, 2.05) is 9.47 Å². The fourth-order valence-electron chi connectivity index (χ4n) is 0.787. The topological polar surface area (TPSA) is 18.5 Å². The van der Waals surface area contributed by atoms with Crippen LogP contribution in [0.15, 0.2) is 12.4 Å². The second-order valence-corrected chi connectivity index (χ2v) is 3.61. The fraction of sp³-hybridized carbons (Fsp3) is 0.750. The molecule has 0 saturated carbocycles. The van der Waals surface area contributed by atoms with Gasteiger partial charge in [0.2, 0.25) is 0 Å². The van der Waals surface area contributed by atoms with Crippen LogP contribution in [0.25, 0.3) is 0 Å². The molecule has 15 heteroatoms. The minimum absolute atomic E-state index is 1.66. The van der Waals surface area contributed by atoms with Gasteiger partial charge in [-0.1, -0.05) is 6.58 Å². The van der Waals surface area contributed by atoms with Gasteiger partial charge in [0.25, 0.3) is 6.36 Å². The molecule has 0 aliphatic heterocycles.